The molecule has 11 heteroatoms. The van der Waals surface area contributed by atoms with Gasteiger partial charge >= 0.3 is 6.03 Å². The van der Waals surface area contributed by atoms with Gasteiger partial charge in [0.05, 0.1) is 0 Å². The van der Waals surface area contributed by atoms with E-state index in [1.165, 1.54) is 35.1 Å². The first-order chi connectivity index (χ1) is 17.6. The Morgan fingerprint density at radius 1 is 1.06 bits per heavy atom. The second-order valence-electron chi connectivity index (χ2n) is 7.90. The molecule has 0 radical (unpaired) electrons. The predicted molar refractivity (Wildman–Crippen MR) is 139 cm³/mol. The molecule has 3 heterocycles. The van der Waals surface area contributed by atoms with Gasteiger partial charge in [-0.25, -0.2) is 19.2 Å². The molecular weight excluding hydrogens is 499 g/mol. The summed E-state index contributed by atoms with van der Waals surface area (Å²) in [6.07, 6.45) is 7.67. The van der Waals surface area contributed by atoms with Crippen molar-refractivity contribution < 1.29 is 9.18 Å². The number of rotatable bonds is 11. The van der Waals surface area contributed by atoms with Crippen molar-refractivity contribution >= 4 is 29.1 Å². The highest BCUT2D eigenvalue weighted by molar-refractivity contribution is 7.98. The van der Waals surface area contributed by atoms with Gasteiger partial charge in [0.2, 0.25) is 0 Å². The highest BCUT2D eigenvalue weighted by atomic mass is 32.2. The SMILES string of the molecule is O=C(NCCc1cccs1)NCCn1cc(Cc2cncnc2)c(=O)nc1SCc1ccc(F)cc1. The molecule has 1 aromatic carbocycles. The summed E-state index contributed by atoms with van der Waals surface area (Å²) in [5.41, 5.74) is 1.90. The molecule has 0 aliphatic rings. The lowest BCUT2D eigenvalue weighted by molar-refractivity contribution is 0.240. The average molecular weight is 525 g/mol. The standard InChI is InChI=1S/C25H25FN6O2S2/c26-21-5-3-18(4-6-21)16-36-25-31-23(33)20(12-19-13-27-17-28-14-19)15-32(25)10-9-30-24(34)29-8-7-22-2-1-11-35-22/h1-6,11,13-15,17H,7-10,12,16H2,(H2,29,30,34). The maximum atomic E-state index is 13.2. The first-order valence-electron chi connectivity index (χ1n) is 11.3. The molecule has 0 unspecified atom stereocenters. The number of benzene rings is 1. The van der Waals surface area contributed by atoms with Gasteiger partial charge in [0.15, 0.2) is 5.16 Å². The molecule has 36 heavy (non-hydrogen) atoms. The smallest absolute Gasteiger partial charge is 0.314 e. The molecule has 0 saturated carbocycles. The van der Waals surface area contributed by atoms with Gasteiger partial charge in [0, 0.05) is 60.8 Å². The van der Waals surface area contributed by atoms with Crippen molar-refractivity contribution in [3.63, 3.8) is 0 Å². The summed E-state index contributed by atoms with van der Waals surface area (Å²) < 4.78 is 15.1. The van der Waals surface area contributed by atoms with E-state index >= 15 is 0 Å². The Hall–Kier alpha value is -3.57. The van der Waals surface area contributed by atoms with Crippen LogP contribution in [0.1, 0.15) is 21.6 Å². The quantitative estimate of drug-likeness (QED) is 0.229. The van der Waals surface area contributed by atoms with Gasteiger partial charge in [0.25, 0.3) is 5.56 Å². The molecule has 4 rings (SSSR count). The maximum absolute atomic E-state index is 13.2. The third-order valence-electron chi connectivity index (χ3n) is 5.19. The molecule has 0 spiro atoms. The van der Waals surface area contributed by atoms with Crippen LogP contribution in [0.4, 0.5) is 9.18 Å². The Bertz CT molecular complexity index is 1310. The summed E-state index contributed by atoms with van der Waals surface area (Å²) in [5, 5.41) is 8.25. The lowest BCUT2D eigenvalue weighted by Crippen LogP contribution is -2.38. The van der Waals surface area contributed by atoms with Crippen LogP contribution >= 0.6 is 23.1 Å². The van der Waals surface area contributed by atoms with E-state index in [1.807, 2.05) is 22.1 Å². The zero-order valence-electron chi connectivity index (χ0n) is 19.4. The van der Waals surface area contributed by atoms with E-state index < -0.39 is 0 Å². The van der Waals surface area contributed by atoms with Crippen molar-refractivity contribution in [2.75, 3.05) is 13.1 Å². The summed E-state index contributed by atoms with van der Waals surface area (Å²) >= 11 is 3.05. The number of nitrogens with one attached hydrogen (secondary N) is 2. The van der Waals surface area contributed by atoms with Gasteiger partial charge in [-0.1, -0.05) is 30.0 Å². The van der Waals surface area contributed by atoms with E-state index in [4.69, 9.17) is 0 Å². The van der Waals surface area contributed by atoms with Crippen LogP contribution < -0.4 is 16.2 Å². The topological polar surface area (TPSA) is 102 Å². The van der Waals surface area contributed by atoms with Crippen molar-refractivity contribution in [1.29, 1.82) is 0 Å². The van der Waals surface area contributed by atoms with E-state index in [-0.39, 0.29) is 17.4 Å². The average Bonchev–Trinajstić information content (AvgIpc) is 3.40. The molecule has 8 nitrogen and oxygen atoms in total. The van der Waals surface area contributed by atoms with Crippen LogP contribution in [0.15, 0.2) is 76.6 Å². The number of urea groups is 1. The molecule has 3 aromatic heterocycles. The van der Waals surface area contributed by atoms with Crippen LogP contribution in [0.2, 0.25) is 0 Å². The molecule has 4 aromatic rings. The van der Waals surface area contributed by atoms with Crippen molar-refractivity contribution in [3.05, 3.63) is 104 Å². The highest BCUT2D eigenvalue weighted by Gasteiger charge is 2.12. The number of thioether (sulfide) groups is 1. The van der Waals surface area contributed by atoms with Gasteiger partial charge in [-0.05, 0) is 41.1 Å². The maximum Gasteiger partial charge on any atom is 0.314 e. The van der Waals surface area contributed by atoms with E-state index in [0.29, 0.717) is 42.5 Å². The number of halogens is 1. The first-order valence-corrected chi connectivity index (χ1v) is 13.2. The number of aromatic nitrogens is 4. The molecule has 0 bridgehead atoms. The van der Waals surface area contributed by atoms with Crippen molar-refractivity contribution in [2.45, 2.75) is 30.3 Å². The van der Waals surface area contributed by atoms with Crippen molar-refractivity contribution in [3.8, 4) is 0 Å². The van der Waals surface area contributed by atoms with E-state index in [0.717, 1.165) is 17.5 Å². The fourth-order valence-electron chi connectivity index (χ4n) is 3.39. The molecule has 0 aliphatic carbocycles. The minimum Gasteiger partial charge on any atom is -0.338 e. The Kier molecular flexibility index (Phi) is 9.17. The minimum absolute atomic E-state index is 0.247. The van der Waals surface area contributed by atoms with Gasteiger partial charge in [-0.3, -0.25) is 4.79 Å². The lowest BCUT2D eigenvalue weighted by Gasteiger charge is -2.15. The molecule has 186 valence electrons. The molecule has 0 aliphatic heterocycles. The monoisotopic (exact) mass is 524 g/mol. The summed E-state index contributed by atoms with van der Waals surface area (Å²) in [5.74, 6) is 0.225. The van der Waals surface area contributed by atoms with E-state index in [1.54, 1.807) is 42.1 Å². The van der Waals surface area contributed by atoms with Crippen LogP contribution in [0.3, 0.4) is 0 Å². The Morgan fingerprint density at radius 2 is 1.83 bits per heavy atom. The second kappa shape index (κ2) is 12.9. The number of hydrogen-bond donors (Lipinski definition) is 2. The number of nitrogens with zero attached hydrogens (tertiary/aromatic N) is 4. The van der Waals surface area contributed by atoms with Crippen molar-refractivity contribution in [2.24, 2.45) is 0 Å². The first kappa shape index (κ1) is 25.5. The highest BCUT2D eigenvalue weighted by Crippen LogP contribution is 2.21. The Balaban J connectivity index is 1.41. The largest absolute Gasteiger partial charge is 0.338 e. The summed E-state index contributed by atoms with van der Waals surface area (Å²) in [6, 6.07) is 10.0. The zero-order valence-corrected chi connectivity index (χ0v) is 21.0. The second-order valence-corrected chi connectivity index (χ2v) is 9.87. The van der Waals surface area contributed by atoms with Gasteiger partial charge in [-0.2, -0.15) is 4.98 Å². The number of carbonyl (C=O) groups is 1. The summed E-state index contributed by atoms with van der Waals surface area (Å²) in [6.45, 7) is 1.33. The molecule has 0 saturated heterocycles. The number of carbonyl (C=O) groups excluding carboxylic acids is 1. The summed E-state index contributed by atoms with van der Waals surface area (Å²) in [7, 11) is 0. The van der Waals surface area contributed by atoms with Crippen LogP contribution in [0.25, 0.3) is 0 Å². The van der Waals surface area contributed by atoms with Gasteiger partial charge in [-0.15, -0.1) is 11.3 Å². The Morgan fingerprint density at radius 3 is 2.58 bits per heavy atom. The van der Waals surface area contributed by atoms with Crippen molar-refractivity contribution in [1.82, 2.24) is 30.2 Å². The molecule has 2 amide bonds. The van der Waals surface area contributed by atoms with Crippen LogP contribution in [-0.2, 0) is 25.1 Å². The lowest BCUT2D eigenvalue weighted by atomic mass is 10.1. The fraction of sp³-hybridized carbons (Fsp3) is 0.240. The molecule has 2 N–H and O–H groups in total. The molecule has 0 fully saturated rings. The minimum atomic E-state index is -0.323. The number of thiophene rings is 1. The van der Waals surface area contributed by atoms with Crippen LogP contribution in [-0.4, -0.2) is 38.6 Å². The fourth-order valence-corrected chi connectivity index (χ4v) is 5.05. The summed E-state index contributed by atoms with van der Waals surface area (Å²) in [4.78, 5) is 38.5. The van der Waals surface area contributed by atoms with E-state index in [2.05, 4.69) is 25.6 Å². The zero-order chi connectivity index (χ0) is 25.2. The third-order valence-corrected chi connectivity index (χ3v) is 7.19. The normalized spacial score (nSPS) is 10.8. The van der Waals surface area contributed by atoms with E-state index in [9.17, 15) is 14.0 Å². The third kappa shape index (κ3) is 7.72. The van der Waals surface area contributed by atoms with Gasteiger partial charge in [0.1, 0.15) is 12.1 Å². The number of hydrogen-bond acceptors (Lipinski definition) is 7. The number of amides is 2. The van der Waals surface area contributed by atoms with Gasteiger partial charge < -0.3 is 15.2 Å². The predicted octanol–water partition coefficient (Wildman–Crippen LogP) is 3.66. The van der Waals surface area contributed by atoms with Crippen LogP contribution in [0.5, 0.6) is 0 Å². The van der Waals surface area contributed by atoms with Crippen LogP contribution in [0, 0.1) is 5.82 Å². The Labute approximate surface area is 216 Å². The molecular formula is C25H25FN6O2S2. The molecule has 0 atom stereocenters.